The summed E-state index contributed by atoms with van der Waals surface area (Å²) in [6.45, 7) is 0.441. The quantitative estimate of drug-likeness (QED) is 0.710. The zero-order valence-corrected chi connectivity index (χ0v) is 6.62. The van der Waals surface area contributed by atoms with E-state index in [1.54, 1.807) is 18.4 Å². The van der Waals surface area contributed by atoms with Crippen LogP contribution in [0.5, 0.6) is 5.75 Å². The Morgan fingerprint density at radius 1 is 1.50 bits per heavy atom. The third-order valence-electron chi connectivity index (χ3n) is 1.43. The van der Waals surface area contributed by atoms with Crippen LogP contribution in [0.2, 0.25) is 0 Å². The van der Waals surface area contributed by atoms with Crippen LogP contribution >= 0.6 is 0 Å². The Bertz CT molecular complexity index is 260. The molecule has 0 amide bonds. The number of benzene rings is 1. The van der Waals surface area contributed by atoms with Gasteiger partial charge in [-0.05, 0) is 17.7 Å². The average Bonchev–Trinajstić information content (AvgIpc) is 2.15. The third-order valence-corrected chi connectivity index (χ3v) is 1.43. The molecule has 3 heteroatoms. The fourth-order valence-electron chi connectivity index (χ4n) is 0.875. The molecule has 1 radical (unpaired) electrons. The molecule has 0 heterocycles. The van der Waals surface area contributed by atoms with Gasteiger partial charge in [-0.25, -0.2) is 0 Å². The summed E-state index contributed by atoms with van der Waals surface area (Å²) in [7, 11) is 0. The molecular formula is C9H10NO2. The van der Waals surface area contributed by atoms with E-state index in [-0.39, 0.29) is 6.61 Å². The molecule has 0 aromatic heterocycles. The molecule has 63 valence electrons. The lowest BCUT2D eigenvalue weighted by Gasteiger charge is -2.02. The highest BCUT2D eigenvalue weighted by atomic mass is 16.5. The van der Waals surface area contributed by atoms with E-state index in [0.29, 0.717) is 12.3 Å². The second kappa shape index (κ2) is 4.51. The maximum absolute atomic E-state index is 9.86. The van der Waals surface area contributed by atoms with E-state index >= 15 is 0 Å². The molecule has 0 aliphatic rings. The van der Waals surface area contributed by atoms with Gasteiger partial charge in [-0.2, -0.15) is 0 Å². The van der Waals surface area contributed by atoms with Gasteiger partial charge < -0.3 is 10.5 Å². The number of nitrogens with two attached hydrogens (primary N) is 1. The summed E-state index contributed by atoms with van der Waals surface area (Å²) in [5, 5.41) is 0. The zero-order chi connectivity index (χ0) is 8.81. The Morgan fingerprint density at radius 3 is 3.00 bits per heavy atom. The third kappa shape index (κ3) is 2.36. The van der Waals surface area contributed by atoms with Crippen molar-refractivity contribution in [2.75, 3.05) is 6.61 Å². The van der Waals surface area contributed by atoms with Gasteiger partial charge in [0.15, 0.2) is 6.61 Å². The molecule has 0 aliphatic carbocycles. The van der Waals surface area contributed by atoms with Crippen molar-refractivity contribution < 1.29 is 9.53 Å². The van der Waals surface area contributed by atoms with Crippen molar-refractivity contribution in [2.24, 2.45) is 5.73 Å². The van der Waals surface area contributed by atoms with Crippen LogP contribution in [-0.2, 0) is 11.3 Å². The highest BCUT2D eigenvalue weighted by Crippen LogP contribution is 2.11. The van der Waals surface area contributed by atoms with Crippen molar-refractivity contribution >= 4 is 6.29 Å². The highest BCUT2D eigenvalue weighted by molar-refractivity contribution is 5.52. The predicted molar refractivity (Wildman–Crippen MR) is 45.5 cm³/mol. The summed E-state index contributed by atoms with van der Waals surface area (Å²) in [6.07, 6.45) is 1.65. The molecule has 0 spiro atoms. The lowest BCUT2D eigenvalue weighted by atomic mass is 10.2. The van der Waals surface area contributed by atoms with Crippen LogP contribution in [0.25, 0.3) is 0 Å². The summed E-state index contributed by atoms with van der Waals surface area (Å²) in [5.74, 6) is 0.654. The van der Waals surface area contributed by atoms with Crippen molar-refractivity contribution in [1.82, 2.24) is 0 Å². The minimum absolute atomic E-state index is 0.0337. The van der Waals surface area contributed by atoms with Crippen molar-refractivity contribution in [2.45, 2.75) is 6.54 Å². The molecule has 0 bridgehead atoms. The number of hydrogen-bond acceptors (Lipinski definition) is 3. The lowest BCUT2D eigenvalue weighted by Crippen LogP contribution is -2.00. The Kier molecular flexibility index (Phi) is 3.29. The molecule has 0 aliphatic heterocycles. The second-order valence-electron chi connectivity index (χ2n) is 2.28. The Labute approximate surface area is 71.1 Å². The van der Waals surface area contributed by atoms with E-state index in [9.17, 15) is 4.79 Å². The molecule has 2 N–H and O–H groups in total. The summed E-state index contributed by atoms with van der Waals surface area (Å²) in [4.78, 5) is 9.86. The lowest BCUT2D eigenvalue weighted by molar-refractivity contribution is 0.364. The van der Waals surface area contributed by atoms with Crippen LogP contribution in [0.15, 0.2) is 24.3 Å². The van der Waals surface area contributed by atoms with E-state index in [1.165, 1.54) is 0 Å². The Balaban J connectivity index is 2.65. The van der Waals surface area contributed by atoms with Gasteiger partial charge in [0.05, 0.1) is 0 Å². The van der Waals surface area contributed by atoms with E-state index in [0.717, 1.165) is 5.56 Å². The minimum atomic E-state index is -0.0337. The van der Waals surface area contributed by atoms with Gasteiger partial charge in [-0.3, -0.25) is 4.79 Å². The van der Waals surface area contributed by atoms with E-state index in [1.807, 2.05) is 12.1 Å². The number of ether oxygens (including phenoxy) is 1. The maximum Gasteiger partial charge on any atom is 0.239 e. The summed E-state index contributed by atoms with van der Waals surface area (Å²) in [5.41, 5.74) is 6.40. The van der Waals surface area contributed by atoms with Gasteiger partial charge in [0, 0.05) is 6.54 Å². The predicted octanol–water partition coefficient (Wildman–Crippen LogP) is 0.634. The molecule has 0 fully saturated rings. The van der Waals surface area contributed by atoms with Crippen LogP contribution in [0.4, 0.5) is 0 Å². The molecule has 1 aromatic rings. The van der Waals surface area contributed by atoms with Gasteiger partial charge in [-0.1, -0.05) is 12.1 Å². The minimum Gasteiger partial charge on any atom is -0.485 e. The molecule has 3 nitrogen and oxygen atoms in total. The highest BCUT2D eigenvalue weighted by Gasteiger charge is 1.93. The molecule has 12 heavy (non-hydrogen) atoms. The van der Waals surface area contributed by atoms with Crippen LogP contribution in [0.1, 0.15) is 5.56 Å². The molecule has 0 saturated heterocycles. The molecule has 0 unspecified atom stereocenters. The largest absolute Gasteiger partial charge is 0.485 e. The Hall–Kier alpha value is -1.35. The average molecular weight is 164 g/mol. The van der Waals surface area contributed by atoms with Crippen LogP contribution < -0.4 is 10.5 Å². The molecule has 1 rings (SSSR count). The SMILES string of the molecule is NCc1cccc(OC[C]=O)c1. The monoisotopic (exact) mass is 164 g/mol. The first-order valence-corrected chi connectivity index (χ1v) is 3.63. The number of rotatable bonds is 4. The van der Waals surface area contributed by atoms with Crippen molar-refractivity contribution in [3.05, 3.63) is 29.8 Å². The topological polar surface area (TPSA) is 52.3 Å². The summed E-state index contributed by atoms with van der Waals surface area (Å²) in [6, 6.07) is 7.31. The number of hydrogen-bond donors (Lipinski definition) is 1. The first kappa shape index (κ1) is 8.74. The van der Waals surface area contributed by atoms with E-state index < -0.39 is 0 Å². The second-order valence-corrected chi connectivity index (χ2v) is 2.28. The van der Waals surface area contributed by atoms with Crippen molar-refractivity contribution in [3.8, 4) is 5.75 Å². The van der Waals surface area contributed by atoms with Crippen LogP contribution in [0, 0.1) is 0 Å². The molecule has 0 atom stereocenters. The van der Waals surface area contributed by atoms with E-state index in [4.69, 9.17) is 10.5 Å². The first-order valence-electron chi connectivity index (χ1n) is 3.63. The van der Waals surface area contributed by atoms with Gasteiger partial charge in [0.25, 0.3) is 0 Å². The zero-order valence-electron chi connectivity index (χ0n) is 6.62. The summed E-state index contributed by atoms with van der Waals surface area (Å²) >= 11 is 0. The van der Waals surface area contributed by atoms with Crippen LogP contribution in [0.3, 0.4) is 0 Å². The van der Waals surface area contributed by atoms with E-state index in [2.05, 4.69) is 0 Å². The van der Waals surface area contributed by atoms with Gasteiger partial charge in [0.1, 0.15) is 5.75 Å². The fourth-order valence-corrected chi connectivity index (χ4v) is 0.875. The van der Waals surface area contributed by atoms with Crippen molar-refractivity contribution in [1.29, 1.82) is 0 Å². The van der Waals surface area contributed by atoms with Crippen LogP contribution in [-0.4, -0.2) is 12.9 Å². The van der Waals surface area contributed by atoms with Gasteiger partial charge in [0.2, 0.25) is 6.29 Å². The fraction of sp³-hybridized carbons (Fsp3) is 0.222. The Morgan fingerprint density at radius 2 is 2.33 bits per heavy atom. The smallest absolute Gasteiger partial charge is 0.239 e. The summed E-state index contributed by atoms with van der Waals surface area (Å²) < 4.78 is 5.02. The molecule has 0 saturated carbocycles. The molecule has 1 aromatic carbocycles. The first-order chi connectivity index (χ1) is 5.86. The number of carbonyl (C=O) groups excluding carboxylic acids is 1. The van der Waals surface area contributed by atoms with Gasteiger partial charge >= 0.3 is 0 Å². The van der Waals surface area contributed by atoms with Gasteiger partial charge in [-0.15, -0.1) is 0 Å². The molecular weight excluding hydrogens is 154 g/mol. The normalized spacial score (nSPS) is 9.42. The maximum atomic E-state index is 9.86. The van der Waals surface area contributed by atoms with Crippen molar-refractivity contribution in [3.63, 3.8) is 0 Å². The standard InChI is InChI=1S/C9H10NO2/c10-7-8-2-1-3-9(6-8)12-5-4-11/h1-3,6H,5,7,10H2.